The molecular formula is C11H16BrNO. The Morgan fingerprint density at radius 1 is 1.50 bits per heavy atom. The highest BCUT2D eigenvalue weighted by molar-refractivity contribution is 9.10. The zero-order valence-electron chi connectivity index (χ0n) is 8.55. The van der Waals surface area contributed by atoms with Gasteiger partial charge in [-0.2, -0.15) is 0 Å². The van der Waals surface area contributed by atoms with Crippen LogP contribution in [0.4, 0.5) is 0 Å². The van der Waals surface area contributed by atoms with Gasteiger partial charge in [0.25, 0.3) is 0 Å². The van der Waals surface area contributed by atoms with Gasteiger partial charge in [0.15, 0.2) is 0 Å². The lowest BCUT2D eigenvalue weighted by molar-refractivity contribution is 0.473. The fourth-order valence-corrected chi connectivity index (χ4v) is 2.16. The summed E-state index contributed by atoms with van der Waals surface area (Å²) < 4.78 is 1.08. The third-order valence-corrected chi connectivity index (χ3v) is 3.48. The summed E-state index contributed by atoms with van der Waals surface area (Å²) >= 11 is 3.53. The van der Waals surface area contributed by atoms with Gasteiger partial charge in [-0.15, -0.1) is 0 Å². The fourth-order valence-electron chi connectivity index (χ4n) is 1.54. The highest BCUT2D eigenvalue weighted by atomic mass is 79.9. The third-order valence-electron chi connectivity index (χ3n) is 2.40. The van der Waals surface area contributed by atoms with Gasteiger partial charge in [0.05, 0.1) is 0 Å². The Bertz CT molecular complexity index is 325. The second-order valence-corrected chi connectivity index (χ2v) is 4.44. The van der Waals surface area contributed by atoms with Crippen LogP contribution in [0.15, 0.2) is 16.6 Å². The lowest BCUT2D eigenvalue weighted by Gasteiger charge is -2.14. The number of phenols is 1. The number of hydrogen-bond acceptors (Lipinski definition) is 2. The average molecular weight is 258 g/mol. The normalized spacial score (nSPS) is 12.9. The molecule has 14 heavy (non-hydrogen) atoms. The van der Waals surface area contributed by atoms with Gasteiger partial charge in [0.2, 0.25) is 0 Å². The van der Waals surface area contributed by atoms with Crippen molar-refractivity contribution in [3.63, 3.8) is 0 Å². The number of benzene rings is 1. The molecule has 0 amide bonds. The Morgan fingerprint density at radius 2 is 2.14 bits per heavy atom. The average Bonchev–Trinajstić information content (AvgIpc) is 2.11. The van der Waals surface area contributed by atoms with Crippen LogP contribution < -0.4 is 5.73 Å². The van der Waals surface area contributed by atoms with E-state index in [4.69, 9.17) is 5.73 Å². The standard InChI is InChI=1S/C11H16BrNO/c1-7(3-4-13)10-6-9(14)5-8(2)11(10)12/h5-7,14H,3-4,13H2,1-2H3. The molecule has 0 heterocycles. The highest BCUT2D eigenvalue weighted by Gasteiger charge is 2.11. The minimum Gasteiger partial charge on any atom is -0.508 e. The van der Waals surface area contributed by atoms with Crippen LogP contribution in [0.1, 0.15) is 30.4 Å². The maximum absolute atomic E-state index is 9.48. The molecule has 0 radical (unpaired) electrons. The predicted octanol–water partition coefficient (Wildman–Crippen LogP) is 2.92. The van der Waals surface area contributed by atoms with Gasteiger partial charge in [0.1, 0.15) is 5.75 Å². The minimum atomic E-state index is 0.324. The van der Waals surface area contributed by atoms with E-state index >= 15 is 0 Å². The molecule has 0 aliphatic rings. The van der Waals surface area contributed by atoms with Gasteiger partial charge in [0, 0.05) is 4.47 Å². The molecule has 2 nitrogen and oxygen atoms in total. The van der Waals surface area contributed by atoms with E-state index in [1.54, 1.807) is 12.1 Å². The summed E-state index contributed by atoms with van der Waals surface area (Å²) in [5.74, 6) is 0.699. The summed E-state index contributed by atoms with van der Waals surface area (Å²) in [5, 5.41) is 9.48. The van der Waals surface area contributed by atoms with Crippen molar-refractivity contribution in [1.82, 2.24) is 0 Å². The van der Waals surface area contributed by atoms with Crippen molar-refractivity contribution in [3.8, 4) is 5.75 Å². The summed E-state index contributed by atoms with van der Waals surface area (Å²) in [7, 11) is 0. The van der Waals surface area contributed by atoms with E-state index in [1.165, 1.54) is 0 Å². The van der Waals surface area contributed by atoms with Crippen molar-refractivity contribution in [2.45, 2.75) is 26.2 Å². The molecular weight excluding hydrogens is 242 g/mol. The fraction of sp³-hybridized carbons (Fsp3) is 0.455. The Labute approximate surface area is 93.3 Å². The zero-order valence-corrected chi connectivity index (χ0v) is 10.1. The van der Waals surface area contributed by atoms with E-state index in [0.29, 0.717) is 18.2 Å². The van der Waals surface area contributed by atoms with Crippen LogP contribution in [0.5, 0.6) is 5.75 Å². The lowest BCUT2D eigenvalue weighted by atomic mass is 9.96. The van der Waals surface area contributed by atoms with Gasteiger partial charge in [-0.1, -0.05) is 22.9 Å². The molecule has 1 atom stereocenters. The first kappa shape index (κ1) is 11.5. The van der Waals surface area contributed by atoms with Crippen LogP contribution in [0, 0.1) is 6.92 Å². The van der Waals surface area contributed by atoms with Gasteiger partial charge in [-0.3, -0.25) is 0 Å². The molecule has 1 aromatic carbocycles. The van der Waals surface area contributed by atoms with Crippen LogP contribution in [-0.4, -0.2) is 11.7 Å². The van der Waals surface area contributed by atoms with Crippen molar-refractivity contribution >= 4 is 15.9 Å². The Kier molecular flexibility index (Phi) is 3.96. The summed E-state index contributed by atoms with van der Waals surface area (Å²) in [5.41, 5.74) is 7.71. The maximum Gasteiger partial charge on any atom is 0.116 e. The first-order valence-electron chi connectivity index (χ1n) is 4.75. The lowest BCUT2D eigenvalue weighted by Crippen LogP contribution is -2.05. The molecule has 0 bridgehead atoms. The minimum absolute atomic E-state index is 0.324. The molecule has 0 fully saturated rings. The van der Waals surface area contributed by atoms with Crippen LogP contribution in [0.2, 0.25) is 0 Å². The van der Waals surface area contributed by atoms with Crippen molar-refractivity contribution in [2.24, 2.45) is 5.73 Å². The molecule has 1 unspecified atom stereocenters. The van der Waals surface area contributed by atoms with Crippen molar-refractivity contribution in [3.05, 3.63) is 27.7 Å². The SMILES string of the molecule is Cc1cc(O)cc(C(C)CCN)c1Br. The number of rotatable bonds is 3. The van der Waals surface area contributed by atoms with E-state index in [9.17, 15) is 5.11 Å². The summed E-state index contributed by atoms with van der Waals surface area (Å²) in [6.07, 6.45) is 0.932. The van der Waals surface area contributed by atoms with Crippen LogP contribution in [0.25, 0.3) is 0 Å². The van der Waals surface area contributed by atoms with Crippen LogP contribution in [0.3, 0.4) is 0 Å². The number of aryl methyl sites for hydroxylation is 1. The predicted molar refractivity (Wildman–Crippen MR) is 62.6 cm³/mol. The number of aromatic hydroxyl groups is 1. The van der Waals surface area contributed by atoms with E-state index in [-0.39, 0.29) is 0 Å². The van der Waals surface area contributed by atoms with Crippen molar-refractivity contribution in [1.29, 1.82) is 0 Å². The number of hydrogen-bond donors (Lipinski definition) is 2. The first-order chi connectivity index (χ1) is 6.56. The molecule has 0 saturated heterocycles. The van der Waals surface area contributed by atoms with Gasteiger partial charge < -0.3 is 10.8 Å². The molecule has 0 aliphatic carbocycles. The topological polar surface area (TPSA) is 46.2 Å². The molecule has 3 heteroatoms. The second-order valence-electron chi connectivity index (χ2n) is 3.64. The van der Waals surface area contributed by atoms with Crippen LogP contribution >= 0.6 is 15.9 Å². The molecule has 78 valence electrons. The molecule has 0 aromatic heterocycles. The van der Waals surface area contributed by atoms with E-state index in [2.05, 4.69) is 22.9 Å². The molecule has 3 N–H and O–H groups in total. The monoisotopic (exact) mass is 257 g/mol. The molecule has 1 aromatic rings. The Balaban J connectivity index is 3.07. The Hall–Kier alpha value is -0.540. The molecule has 1 rings (SSSR count). The number of halogens is 1. The number of nitrogens with two attached hydrogens (primary N) is 1. The summed E-state index contributed by atoms with van der Waals surface area (Å²) in [6.45, 7) is 4.76. The molecule has 0 spiro atoms. The zero-order chi connectivity index (χ0) is 10.7. The van der Waals surface area contributed by atoms with E-state index in [0.717, 1.165) is 22.0 Å². The van der Waals surface area contributed by atoms with Crippen molar-refractivity contribution < 1.29 is 5.11 Å². The Morgan fingerprint density at radius 3 is 2.71 bits per heavy atom. The van der Waals surface area contributed by atoms with E-state index in [1.807, 2.05) is 6.92 Å². The third kappa shape index (κ3) is 2.49. The van der Waals surface area contributed by atoms with E-state index < -0.39 is 0 Å². The molecule has 0 aliphatic heterocycles. The largest absolute Gasteiger partial charge is 0.508 e. The van der Waals surface area contributed by atoms with Crippen molar-refractivity contribution in [2.75, 3.05) is 6.54 Å². The molecule has 0 saturated carbocycles. The number of phenolic OH excluding ortho intramolecular Hbond substituents is 1. The van der Waals surface area contributed by atoms with Gasteiger partial charge in [-0.25, -0.2) is 0 Å². The smallest absolute Gasteiger partial charge is 0.116 e. The second kappa shape index (κ2) is 4.80. The van der Waals surface area contributed by atoms with Gasteiger partial charge >= 0.3 is 0 Å². The van der Waals surface area contributed by atoms with Crippen LogP contribution in [-0.2, 0) is 0 Å². The first-order valence-corrected chi connectivity index (χ1v) is 5.54. The quantitative estimate of drug-likeness (QED) is 0.875. The highest BCUT2D eigenvalue weighted by Crippen LogP contribution is 2.32. The van der Waals surface area contributed by atoms with Gasteiger partial charge in [-0.05, 0) is 49.1 Å². The maximum atomic E-state index is 9.48. The summed E-state index contributed by atoms with van der Waals surface area (Å²) in [4.78, 5) is 0. The summed E-state index contributed by atoms with van der Waals surface area (Å²) in [6, 6.07) is 3.56.